The molecule has 0 atom stereocenters. The molecule has 20 heavy (non-hydrogen) atoms. The molecule has 0 amide bonds. The number of allylic oxidation sites excluding steroid dienone is 1. The first-order chi connectivity index (χ1) is 9.88. The number of ether oxygens (including phenoxy) is 2. The second kappa shape index (κ2) is 5.61. The highest BCUT2D eigenvalue weighted by molar-refractivity contribution is 6.16. The van der Waals surface area contributed by atoms with E-state index in [0.717, 1.165) is 22.7 Å². The van der Waals surface area contributed by atoms with Gasteiger partial charge in [0.25, 0.3) is 0 Å². The van der Waals surface area contributed by atoms with Crippen molar-refractivity contribution in [2.45, 2.75) is 6.92 Å². The maximum atomic E-state index is 5.80. The third kappa shape index (κ3) is 2.43. The van der Waals surface area contributed by atoms with Crippen LogP contribution in [0.25, 0.3) is 0 Å². The molecule has 100 valence electrons. The van der Waals surface area contributed by atoms with Crippen molar-refractivity contribution in [3.05, 3.63) is 72.2 Å². The second-order valence-electron chi connectivity index (χ2n) is 4.33. The Morgan fingerprint density at radius 2 is 1.80 bits per heavy atom. The summed E-state index contributed by atoms with van der Waals surface area (Å²) in [7, 11) is 0. The third-order valence-electron chi connectivity index (χ3n) is 2.95. The van der Waals surface area contributed by atoms with E-state index in [4.69, 9.17) is 9.47 Å². The van der Waals surface area contributed by atoms with E-state index in [-0.39, 0.29) is 0 Å². The van der Waals surface area contributed by atoms with Gasteiger partial charge in [0.15, 0.2) is 5.76 Å². The van der Waals surface area contributed by atoms with E-state index in [1.165, 1.54) is 0 Å². The van der Waals surface area contributed by atoms with Crippen molar-refractivity contribution in [2.75, 3.05) is 6.61 Å². The Kier molecular flexibility index (Phi) is 3.50. The van der Waals surface area contributed by atoms with Crippen molar-refractivity contribution in [3.8, 4) is 5.75 Å². The van der Waals surface area contributed by atoms with Crippen LogP contribution in [-0.2, 0) is 4.74 Å². The molecule has 2 aromatic rings. The van der Waals surface area contributed by atoms with E-state index in [2.05, 4.69) is 4.99 Å². The highest BCUT2D eigenvalue weighted by Gasteiger charge is 2.25. The summed E-state index contributed by atoms with van der Waals surface area (Å²) in [5, 5.41) is 0. The minimum atomic E-state index is 0.599. The number of benzene rings is 2. The molecule has 0 spiro atoms. The van der Waals surface area contributed by atoms with Gasteiger partial charge >= 0.3 is 0 Å². The van der Waals surface area contributed by atoms with E-state index in [1.54, 1.807) is 6.26 Å². The van der Waals surface area contributed by atoms with Gasteiger partial charge in [-0.15, -0.1) is 0 Å². The van der Waals surface area contributed by atoms with Gasteiger partial charge in [-0.25, -0.2) is 4.99 Å². The third-order valence-corrected chi connectivity index (χ3v) is 2.95. The quantitative estimate of drug-likeness (QED) is 0.783. The van der Waals surface area contributed by atoms with Crippen LogP contribution in [0.3, 0.4) is 0 Å². The number of rotatable bonds is 3. The molecule has 0 saturated carbocycles. The lowest BCUT2D eigenvalue weighted by atomic mass is 10.1. The van der Waals surface area contributed by atoms with Crippen molar-refractivity contribution in [1.29, 1.82) is 0 Å². The summed E-state index contributed by atoms with van der Waals surface area (Å²) < 4.78 is 11.1. The van der Waals surface area contributed by atoms with Gasteiger partial charge in [0.2, 0.25) is 0 Å². The number of fused-ring (bicyclic) bond motifs is 1. The van der Waals surface area contributed by atoms with E-state index in [9.17, 15) is 0 Å². The maximum Gasteiger partial charge on any atom is 0.188 e. The van der Waals surface area contributed by atoms with Gasteiger partial charge in [0.05, 0.1) is 12.3 Å². The summed E-state index contributed by atoms with van der Waals surface area (Å²) in [5.41, 5.74) is 2.69. The molecule has 1 aliphatic rings. The number of hydrogen-bond acceptors (Lipinski definition) is 3. The molecule has 0 saturated heterocycles. The van der Waals surface area contributed by atoms with Gasteiger partial charge in [0.1, 0.15) is 17.7 Å². The topological polar surface area (TPSA) is 30.8 Å². The minimum Gasteiger partial charge on any atom is -0.498 e. The Balaban J connectivity index is 2.06. The predicted molar refractivity (Wildman–Crippen MR) is 79.4 cm³/mol. The molecule has 0 radical (unpaired) electrons. The molecule has 0 aromatic heterocycles. The largest absolute Gasteiger partial charge is 0.498 e. The number of aliphatic imine (C=N–C) groups is 1. The van der Waals surface area contributed by atoms with E-state index < -0.39 is 0 Å². The minimum absolute atomic E-state index is 0.599. The van der Waals surface area contributed by atoms with Crippen molar-refractivity contribution in [2.24, 2.45) is 4.99 Å². The maximum absolute atomic E-state index is 5.80. The van der Waals surface area contributed by atoms with E-state index in [1.807, 2.05) is 61.5 Å². The Bertz CT molecular complexity index is 660. The fourth-order valence-corrected chi connectivity index (χ4v) is 2.04. The Labute approximate surface area is 118 Å². The van der Waals surface area contributed by atoms with Crippen LogP contribution in [0.1, 0.15) is 12.5 Å². The van der Waals surface area contributed by atoms with Crippen LogP contribution >= 0.6 is 0 Å². The zero-order chi connectivity index (χ0) is 13.8. The fourth-order valence-electron chi connectivity index (χ4n) is 2.04. The summed E-state index contributed by atoms with van der Waals surface area (Å²) >= 11 is 0. The molecule has 0 fully saturated rings. The van der Waals surface area contributed by atoms with Crippen molar-refractivity contribution in [1.82, 2.24) is 0 Å². The van der Waals surface area contributed by atoms with Crippen LogP contribution < -0.4 is 4.74 Å². The van der Waals surface area contributed by atoms with E-state index in [0.29, 0.717) is 12.4 Å². The number of hydrogen-bond donors (Lipinski definition) is 0. The summed E-state index contributed by atoms with van der Waals surface area (Å²) in [6, 6.07) is 17.7. The Morgan fingerprint density at radius 3 is 2.60 bits per heavy atom. The predicted octanol–water partition coefficient (Wildman–Crippen LogP) is 4.08. The van der Waals surface area contributed by atoms with Gasteiger partial charge in [-0.05, 0) is 31.2 Å². The molecule has 3 heteroatoms. The summed E-state index contributed by atoms with van der Waals surface area (Å²) in [6.07, 6.45) is 1.63. The van der Waals surface area contributed by atoms with Gasteiger partial charge in [-0.1, -0.05) is 30.3 Å². The van der Waals surface area contributed by atoms with Gasteiger partial charge < -0.3 is 9.47 Å². The average Bonchev–Trinajstić information content (AvgIpc) is 2.84. The lowest BCUT2D eigenvalue weighted by Gasteiger charge is -2.01. The Hall–Kier alpha value is -2.55. The fraction of sp³-hybridized carbons (Fsp3) is 0.118. The molecule has 0 aliphatic carbocycles. The first kappa shape index (κ1) is 12.5. The van der Waals surface area contributed by atoms with Gasteiger partial charge in [-0.3, -0.25) is 0 Å². The smallest absolute Gasteiger partial charge is 0.188 e. The lowest BCUT2D eigenvalue weighted by Crippen LogP contribution is -2.01. The molecule has 0 bridgehead atoms. The zero-order valence-electron chi connectivity index (χ0n) is 11.2. The summed E-state index contributed by atoms with van der Waals surface area (Å²) in [5.74, 6) is 1.46. The lowest BCUT2D eigenvalue weighted by molar-refractivity contribution is 0.255. The van der Waals surface area contributed by atoms with Crippen LogP contribution in [-0.4, -0.2) is 12.3 Å². The molecular weight excluding hydrogens is 250 g/mol. The van der Waals surface area contributed by atoms with Crippen LogP contribution in [0.15, 0.2) is 71.6 Å². The monoisotopic (exact) mass is 265 g/mol. The average molecular weight is 265 g/mol. The number of para-hydroxylation sites is 2. The molecular formula is C17H15NO2. The van der Waals surface area contributed by atoms with Crippen LogP contribution in [0.4, 0.5) is 5.69 Å². The molecule has 3 rings (SSSR count). The SMILES string of the molecule is CCO/C=C1/Oc2ccccc2C1=Nc1ccccc1. The summed E-state index contributed by atoms with van der Waals surface area (Å²) in [4.78, 5) is 4.68. The van der Waals surface area contributed by atoms with E-state index >= 15 is 0 Å². The summed E-state index contributed by atoms with van der Waals surface area (Å²) in [6.45, 7) is 2.54. The molecule has 3 nitrogen and oxygen atoms in total. The molecule has 2 aromatic carbocycles. The van der Waals surface area contributed by atoms with Crippen molar-refractivity contribution in [3.63, 3.8) is 0 Å². The first-order valence-electron chi connectivity index (χ1n) is 6.61. The van der Waals surface area contributed by atoms with Crippen LogP contribution in [0, 0.1) is 0 Å². The van der Waals surface area contributed by atoms with Crippen molar-refractivity contribution >= 4 is 11.4 Å². The second-order valence-corrected chi connectivity index (χ2v) is 4.33. The molecule has 0 N–H and O–H groups in total. The van der Waals surface area contributed by atoms with Gasteiger partial charge in [0, 0.05) is 5.56 Å². The van der Waals surface area contributed by atoms with Crippen molar-refractivity contribution < 1.29 is 9.47 Å². The molecule has 0 unspecified atom stereocenters. The number of nitrogens with zero attached hydrogens (tertiary/aromatic N) is 1. The molecule has 1 heterocycles. The standard InChI is InChI=1S/C17H15NO2/c1-2-19-12-16-17(18-13-8-4-3-5-9-13)14-10-6-7-11-15(14)20-16/h3-12H,2H2,1H3/b16-12+,18-17?. The Morgan fingerprint density at radius 1 is 1.05 bits per heavy atom. The normalized spacial score (nSPS) is 17.1. The van der Waals surface area contributed by atoms with Crippen LogP contribution in [0.5, 0.6) is 5.75 Å². The highest BCUT2D eigenvalue weighted by Crippen LogP contribution is 2.32. The highest BCUT2D eigenvalue weighted by atomic mass is 16.5. The zero-order valence-corrected chi connectivity index (χ0v) is 11.2. The first-order valence-corrected chi connectivity index (χ1v) is 6.61. The van der Waals surface area contributed by atoms with Gasteiger partial charge in [-0.2, -0.15) is 0 Å². The molecule has 1 aliphatic heterocycles. The van der Waals surface area contributed by atoms with Crippen LogP contribution in [0.2, 0.25) is 0 Å².